The molecule has 0 aromatic rings. The molecule has 0 aromatic heterocycles. The summed E-state index contributed by atoms with van der Waals surface area (Å²) >= 11 is 4.50. The van der Waals surface area contributed by atoms with E-state index in [4.69, 9.17) is 0 Å². The van der Waals surface area contributed by atoms with Crippen molar-refractivity contribution in [1.29, 1.82) is 0 Å². The van der Waals surface area contributed by atoms with Crippen LogP contribution in [0.1, 0.15) is 26.7 Å². The molecule has 0 radical (unpaired) electrons. The first kappa shape index (κ1) is 8.92. The molecule has 0 nitrogen and oxygen atoms in total. The Morgan fingerprint density at radius 3 is 2.82 bits per heavy atom. The molecule has 0 saturated carbocycles. The van der Waals surface area contributed by atoms with Crippen molar-refractivity contribution in [1.82, 2.24) is 0 Å². The van der Waals surface area contributed by atoms with Crippen LogP contribution in [0.5, 0.6) is 0 Å². The van der Waals surface area contributed by atoms with Crippen LogP contribution in [0.25, 0.3) is 0 Å². The van der Waals surface area contributed by atoms with Crippen molar-refractivity contribution in [3.05, 3.63) is 23.8 Å². The Bertz CT molecular complexity index is 191. The van der Waals surface area contributed by atoms with Gasteiger partial charge >= 0.3 is 0 Å². The molecular formula is C10H16S. The second-order valence-electron chi connectivity index (χ2n) is 3.48. The molecule has 0 aromatic carbocycles. The first-order chi connectivity index (χ1) is 5.11. The molecule has 62 valence electrons. The smallest absolute Gasteiger partial charge is 0.0229 e. The number of hydrogen-bond acceptors (Lipinski definition) is 1. The highest BCUT2D eigenvalue weighted by molar-refractivity contribution is 7.81. The number of allylic oxidation sites excluding steroid dienone is 2. The van der Waals surface area contributed by atoms with Gasteiger partial charge in [-0.05, 0) is 32.6 Å². The highest BCUT2D eigenvalue weighted by Crippen LogP contribution is 2.30. The second kappa shape index (κ2) is 3.48. The number of rotatable bonds is 1. The van der Waals surface area contributed by atoms with Gasteiger partial charge in [0.15, 0.2) is 0 Å². The molecule has 2 atom stereocenters. The Balaban J connectivity index is 2.62. The van der Waals surface area contributed by atoms with Crippen molar-refractivity contribution in [3.63, 3.8) is 0 Å². The Morgan fingerprint density at radius 1 is 1.73 bits per heavy atom. The van der Waals surface area contributed by atoms with Crippen LogP contribution in [-0.4, -0.2) is 5.25 Å². The van der Waals surface area contributed by atoms with E-state index in [0.29, 0.717) is 11.2 Å². The third-order valence-electron chi connectivity index (χ3n) is 2.45. The van der Waals surface area contributed by atoms with E-state index in [1.165, 1.54) is 17.6 Å². The highest BCUT2D eigenvalue weighted by Gasteiger charge is 2.18. The summed E-state index contributed by atoms with van der Waals surface area (Å²) in [5.74, 6) is 0.668. The Kier molecular flexibility index (Phi) is 2.83. The van der Waals surface area contributed by atoms with E-state index in [-0.39, 0.29) is 0 Å². The average Bonchev–Trinajstić information content (AvgIpc) is 1.94. The van der Waals surface area contributed by atoms with Crippen LogP contribution in [0.2, 0.25) is 0 Å². The van der Waals surface area contributed by atoms with Crippen molar-refractivity contribution in [2.75, 3.05) is 0 Å². The summed E-state index contributed by atoms with van der Waals surface area (Å²) in [5, 5.41) is 0.463. The van der Waals surface area contributed by atoms with Gasteiger partial charge in [-0.2, -0.15) is 12.6 Å². The van der Waals surface area contributed by atoms with E-state index in [9.17, 15) is 0 Å². The number of thiol groups is 1. The summed E-state index contributed by atoms with van der Waals surface area (Å²) in [5.41, 5.74) is 2.72. The minimum absolute atomic E-state index is 0.463. The lowest BCUT2D eigenvalue weighted by Gasteiger charge is -2.25. The van der Waals surface area contributed by atoms with Gasteiger partial charge in [-0.15, -0.1) is 0 Å². The predicted molar refractivity (Wildman–Crippen MR) is 54.1 cm³/mol. The van der Waals surface area contributed by atoms with Crippen LogP contribution >= 0.6 is 12.6 Å². The molecule has 0 unspecified atom stereocenters. The minimum atomic E-state index is 0.463. The SMILES string of the molecule is C=C(C)[C@@H]1CC=C(C)[C@@H](S)C1. The van der Waals surface area contributed by atoms with E-state index in [1.54, 1.807) is 0 Å². The van der Waals surface area contributed by atoms with Gasteiger partial charge in [0.2, 0.25) is 0 Å². The highest BCUT2D eigenvalue weighted by atomic mass is 32.1. The topological polar surface area (TPSA) is 0 Å². The van der Waals surface area contributed by atoms with Gasteiger partial charge in [-0.25, -0.2) is 0 Å². The van der Waals surface area contributed by atoms with Crippen LogP contribution in [0.4, 0.5) is 0 Å². The Morgan fingerprint density at radius 2 is 2.36 bits per heavy atom. The lowest BCUT2D eigenvalue weighted by molar-refractivity contribution is 0.550. The lowest BCUT2D eigenvalue weighted by atomic mass is 9.86. The van der Waals surface area contributed by atoms with Gasteiger partial charge in [0.1, 0.15) is 0 Å². The molecule has 0 spiro atoms. The van der Waals surface area contributed by atoms with E-state index >= 15 is 0 Å². The maximum atomic E-state index is 4.50. The van der Waals surface area contributed by atoms with Gasteiger partial charge in [0.05, 0.1) is 0 Å². The van der Waals surface area contributed by atoms with Crippen LogP contribution in [-0.2, 0) is 0 Å². The van der Waals surface area contributed by atoms with Crippen molar-refractivity contribution in [3.8, 4) is 0 Å². The maximum absolute atomic E-state index is 4.50. The molecule has 0 bridgehead atoms. The zero-order chi connectivity index (χ0) is 8.43. The molecule has 0 N–H and O–H groups in total. The molecule has 1 rings (SSSR count). The van der Waals surface area contributed by atoms with Crippen LogP contribution in [0.3, 0.4) is 0 Å². The first-order valence-electron chi connectivity index (χ1n) is 4.11. The van der Waals surface area contributed by atoms with Gasteiger partial charge in [-0.1, -0.05) is 23.8 Å². The van der Waals surface area contributed by atoms with Crippen molar-refractivity contribution in [2.24, 2.45) is 5.92 Å². The molecule has 0 fully saturated rings. The quantitative estimate of drug-likeness (QED) is 0.451. The van der Waals surface area contributed by atoms with Crippen molar-refractivity contribution in [2.45, 2.75) is 31.9 Å². The second-order valence-corrected chi connectivity index (χ2v) is 4.10. The molecule has 0 aliphatic heterocycles. The van der Waals surface area contributed by atoms with E-state index in [2.05, 4.69) is 39.1 Å². The number of hydrogen-bond donors (Lipinski definition) is 1. The summed E-state index contributed by atoms with van der Waals surface area (Å²) in [7, 11) is 0. The van der Waals surface area contributed by atoms with Crippen molar-refractivity contribution < 1.29 is 0 Å². The molecule has 1 aliphatic rings. The predicted octanol–water partition coefficient (Wildman–Crippen LogP) is 3.22. The largest absolute Gasteiger partial charge is 0.171 e. The van der Waals surface area contributed by atoms with Crippen LogP contribution < -0.4 is 0 Å². The van der Waals surface area contributed by atoms with Gasteiger partial charge in [-0.3, -0.25) is 0 Å². The van der Waals surface area contributed by atoms with Gasteiger partial charge in [0.25, 0.3) is 0 Å². The fourth-order valence-electron chi connectivity index (χ4n) is 1.42. The third kappa shape index (κ3) is 2.13. The molecule has 11 heavy (non-hydrogen) atoms. The minimum Gasteiger partial charge on any atom is -0.171 e. The fraction of sp³-hybridized carbons (Fsp3) is 0.600. The molecule has 0 saturated heterocycles. The standard InChI is InChI=1S/C10H16S/c1-7(2)9-5-4-8(3)10(11)6-9/h4,9-11H,1,5-6H2,2-3H3/t9-,10+/m1/s1. The summed E-state index contributed by atoms with van der Waals surface area (Å²) in [6.07, 6.45) is 4.62. The van der Waals surface area contributed by atoms with E-state index in [1.807, 2.05) is 0 Å². The Hall–Kier alpha value is -0.170. The van der Waals surface area contributed by atoms with E-state index in [0.717, 1.165) is 6.42 Å². The lowest BCUT2D eigenvalue weighted by Crippen LogP contribution is -2.15. The first-order valence-corrected chi connectivity index (χ1v) is 4.63. The molecule has 1 aliphatic carbocycles. The summed E-state index contributed by atoms with van der Waals surface area (Å²) in [6.45, 7) is 8.24. The summed E-state index contributed by atoms with van der Waals surface area (Å²) in [4.78, 5) is 0. The van der Waals surface area contributed by atoms with Crippen LogP contribution in [0.15, 0.2) is 23.8 Å². The third-order valence-corrected chi connectivity index (χ3v) is 3.07. The summed E-state index contributed by atoms with van der Waals surface area (Å²) in [6, 6.07) is 0. The van der Waals surface area contributed by atoms with Crippen molar-refractivity contribution >= 4 is 12.6 Å². The maximum Gasteiger partial charge on any atom is 0.0229 e. The monoisotopic (exact) mass is 168 g/mol. The van der Waals surface area contributed by atoms with E-state index < -0.39 is 0 Å². The van der Waals surface area contributed by atoms with Gasteiger partial charge < -0.3 is 0 Å². The molecular weight excluding hydrogens is 152 g/mol. The average molecular weight is 168 g/mol. The summed E-state index contributed by atoms with van der Waals surface area (Å²) < 4.78 is 0. The van der Waals surface area contributed by atoms with Gasteiger partial charge in [0, 0.05) is 5.25 Å². The molecule has 0 heterocycles. The van der Waals surface area contributed by atoms with Crippen LogP contribution in [0, 0.1) is 5.92 Å². The normalized spacial score (nSPS) is 31.4. The molecule has 1 heteroatoms. The zero-order valence-electron chi connectivity index (χ0n) is 7.30. The Labute approximate surface area is 74.8 Å². The fourth-order valence-corrected chi connectivity index (χ4v) is 1.78. The zero-order valence-corrected chi connectivity index (χ0v) is 8.20. The molecule has 0 amide bonds.